The first-order valence-electron chi connectivity index (χ1n) is 6.62. The molecule has 2 unspecified atom stereocenters. The molecular formula is C17H18BrN. The second-order valence-corrected chi connectivity index (χ2v) is 6.45. The summed E-state index contributed by atoms with van der Waals surface area (Å²) >= 11 is 3.60. The van der Waals surface area contributed by atoms with Gasteiger partial charge in [0, 0.05) is 15.9 Å². The lowest BCUT2D eigenvalue weighted by Crippen LogP contribution is -2.25. The van der Waals surface area contributed by atoms with Crippen molar-refractivity contribution in [3.8, 4) is 0 Å². The van der Waals surface area contributed by atoms with Gasteiger partial charge >= 0.3 is 0 Å². The molecule has 0 radical (unpaired) electrons. The second kappa shape index (κ2) is 4.77. The lowest BCUT2D eigenvalue weighted by Gasteiger charge is -2.22. The van der Waals surface area contributed by atoms with E-state index in [9.17, 15) is 0 Å². The molecule has 0 spiro atoms. The van der Waals surface area contributed by atoms with E-state index in [1.54, 1.807) is 0 Å². The van der Waals surface area contributed by atoms with Gasteiger partial charge in [-0.2, -0.15) is 0 Å². The van der Waals surface area contributed by atoms with Crippen LogP contribution < -0.4 is 0 Å². The Balaban J connectivity index is 2.10. The maximum absolute atomic E-state index is 3.60. The van der Waals surface area contributed by atoms with Crippen molar-refractivity contribution in [1.29, 1.82) is 0 Å². The smallest absolute Gasteiger partial charge is 0.0373 e. The average molecular weight is 316 g/mol. The zero-order valence-electron chi connectivity index (χ0n) is 11.3. The molecule has 2 atom stereocenters. The summed E-state index contributed by atoms with van der Waals surface area (Å²) in [7, 11) is 4.35. The Hall–Kier alpha value is -1.12. The normalized spacial score (nSPS) is 25.6. The fourth-order valence-corrected chi connectivity index (χ4v) is 3.56. The lowest BCUT2D eigenvalue weighted by molar-refractivity contribution is 0.374. The fourth-order valence-electron chi connectivity index (χ4n) is 3.16. The molecule has 0 heterocycles. The summed E-state index contributed by atoms with van der Waals surface area (Å²) in [4.78, 5) is 2.34. The molecule has 1 fully saturated rings. The van der Waals surface area contributed by atoms with Gasteiger partial charge in [-0.25, -0.2) is 0 Å². The van der Waals surface area contributed by atoms with Gasteiger partial charge in [0.25, 0.3) is 0 Å². The minimum Gasteiger partial charge on any atom is -0.305 e. The standard InChI is InChI=1S/C17H18BrN/c1-19(2)16-12-17(16,13-7-4-3-5-8-13)14-9-6-10-15(18)11-14/h3-11,16H,12H2,1-2H3. The van der Waals surface area contributed by atoms with Crippen molar-refractivity contribution in [3.05, 3.63) is 70.2 Å². The van der Waals surface area contributed by atoms with Crippen LogP contribution in [-0.4, -0.2) is 25.0 Å². The van der Waals surface area contributed by atoms with Crippen molar-refractivity contribution in [2.45, 2.75) is 17.9 Å². The first-order chi connectivity index (χ1) is 9.14. The number of likely N-dealkylation sites (N-methyl/N-ethyl adjacent to an activating group) is 1. The average Bonchev–Trinajstić information content (AvgIpc) is 3.17. The van der Waals surface area contributed by atoms with Crippen LogP contribution in [0.2, 0.25) is 0 Å². The van der Waals surface area contributed by atoms with Crippen LogP contribution in [0.4, 0.5) is 0 Å². The van der Waals surface area contributed by atoms with Gasteiger partial charge in [-0.1, -0.05) is 58.4 Å². The zero-order valence-corrected chi connectivity index (χ0v) is 12.9. The first kappa shape index (κ1) is 12.9. The number of benzene rings is 2. The van der Waals surface area contributed by atoms with E-state index in [0.29, 0.717) is 6.04 Å². The summed E-state index contributed by atoms with van der Waals surface area (Å²) in [6.45, 7) is 0. The van der Waals surface area contributed by atoms with Crippen LogP contribution in [0.15, 0.2) is 59.1 Å². The zero-order chi connectivity index (χ0) is 13.5. The van der Waals surface area contributed by atoms with Gasteiger partial charge in [0.15, 0.2) is 0 Å². The predicted octanol–water partition coefficient (Wildman–Crippen LogP) is 4.07. The molecule has 0 bridgehead atoms. The summed E-state index contributed by atoms with van der Waals surface area (Å²) in [6.07, 6.45) is 1.19. The molecular weight excluding hydrogens is 298 g/mol. The van der Waals surface area contributed by atoms with Gasteiger partial charge in [-0.05, 0) is 43.8 Å². The van der Waals surface area contributed by atoms with E-state index < -0.39 is 0 Å². The molecule has 98 valence electrons. The molecule has 3 rings (SSSR count). The molecule has 2 aromatic carbocycles. The summed E-state index contributed by atoms with van der Waals surface area (Å²) in [5.74, 6) is 0. The van der Waals surface area contributed by atoms with Crippen molar-refractivity contribution < 1.29 is 0 Å². The van der Waals surface area contributed by atoms with Crippen LogP contribution in [0.5, 0.6) is 0 Å². The maximum atomic E-state index is 3.60. The van der Waals surface area contributed by atoms with E-state index in [4.69, 9.17) is 0 Å². The highest BCUT2D eigenvalue weighted by atomic mass is 79.9. The minimum atomic E-state index is 0.161. The van der Waals surface area contributed by atoms with Gasteiger partial charge < -0.3 is 4.90 Å². The third-order valence-corrected chi connectivity index (χ3v) is 4.67. The Morgan fingerprint density at radius 2 is 1.68 bits per heavy atom. The topological polar surface area (TPSA) is 3.24 Å². The van der Waals surface area contributed by atoms with Gasteiger partial charge in [-0.15, -0.1) is 0 Å². The third kappa shape index (κ3) is 2.13. The van der Waals surface area contributed by atoms with Crippen molar-refractivity contribution >= 4 is 15.9 Å². The number of hydrogen-bond acceptors (Lipinski definition) is 1. The molecule has 2 aromatic rings. The van der Waals surface area contributed by atoms with Crippen LogP contribution in [0, 0.1) is 0 Å². The molecule has 19 heavy (non-hydrogen) atoms. The largest absolute Gasteiger partial charge is 0.305 e. The molecule has 2 heteroatoms. The first-order valence-corrected chi connectivity index (χ1v) is 7.42. The molecule has 0 N–H and O–H groups in total. The number of halogens is 1. The van der Waals surface area contributed by atoms with E-state index in [2.05, 4.69) is 89.5 Å². The molecule has 1 saturated carbocycles. The van der Waals surface area contributed by atoms with Crippen LogP contribution >= 0.6 is 15.9 Å². The highest BCUT2D eigenvalue weighted by Crippen LogP contribution is 2.55. The number of hydrogen-bond donors (Lipinski definition) is 0. The number of rotatable bonds is 3. The summed E-state index contributed by atoms with van der Waals surface area (Å²) < 4.78 is 1.16. The SMILES string of the molecule is CN(C)C1CC1(c1ccccc1)c1cccc(Br)c1. The quantitative estimate of drug-likeness (QED) is 0.825. The Morgan fingerprint density at radius 3 is 2.26 bits per heavy atom. The van der Waals surface area contributed by atoms with Crippen molar-refractivity contribution in [3.63, 3.8) is 0 Å². The molecule has 1 aliphatic carbocycles. The Labute approximate surface area is 123 Å². The Kier molecular flexibility index (Phi) is 3.23. The van der Waals surface area contributed by atoms with Crippen LogP contribution in [0.25, 0.3) is 0 Å². The van der Waals surface area contributed by atoms with Gasteiger partial charge in [0.2, 0.25) is 0 Å². The minimum absolute atomic E-state index is 0.161. The van der Waals surface area contributed by atoms with Gasteiger partial charge in [-0.3, -0.25) is 0 Å². The highest BCUT2D eigenvalue weighted by Gasteiger charge is 2.57. The molecule has 1 aliphatic rings. The molecule has 0 amide bonds. The number of nitrogens with zero attached hydrogens (tertiary/aromatic N) is 1. The van der Waals surface area contributed by atoms with Crippen LogP contribution in [0.1, 0.15) is 17.5 Å². The summed E-state index contributed by atoms with van der Waals surface area (Å²) in [5.41, 5.74) is 2.99. The predicted molar refractivity (Wildman–Crippen MR) is 83.5 cm³/mol. The molecule has 0 saturated heterocycles. The van der Waals surface area contributed by atoms with E-state index in [1.165, 1.54) is 17.5 Å². The molecule has 1 nitrogen and oxygen atoms in total. The molecule has 0 aromatic heterocycles. The third-order valence-electron chi connectivity index (χ3n) is 4.18. The van der Waals surface area contributed by atoms with Crippen molar-refractivity contribution in [2.75, 3.05) is 14.1 Å². The van der Waals surface area contributed by atoms with Crippen molar-refractivity contribution in [1.82, 2.24) is 4.90 Å². The Morgan fingerprint density at radius 1 is 1.00 bits per heavy atom. The Bertz CT molecular complexity index is 579. The van der Waals surface area contributed by atoms with E-state index >= 15 is 0 Å². The van der Waals surface area contributed by atoms with Crippen LogP contribution in [-0.2, 0) is 5.41 Å². The van der Waals surface area contributed by atoms with E-state index in [1.807, 2.05) is 0 Å². The summed E-state index contributed by atoms with van der Waals surface area (Å²) in [5, 5.41) is 0. The van der Waals surface area contributed by atoms with Crippen molar-refractivity contribution in [2.24, 2.45) is 0 Å². The lowest BCUT2D eigenvalue weighted by atomic mass is 9.87. The maximum Gasteiger partial charge on any atom is 0.0373 e. The van der Waals surface area contributed by atoms with Gasteiger partial charge in [0.1, 0.15) is 0 Å². The van der Waals surface area contributed by atoms with Crippen LogP contribution in [0.3, 0.4) is 0 Å². The molecule has 0 aliphatic heterocycles. The second-order valence-electron chi connectivity index (χ2n) is 5.53. The highest BCUT2D eigenvalue weighted by molar-refractivity contribution is 9.10. The van der Waals surface area contributed by atoms with E-state index in [-0.39, 0.29) is 5.41 Å². The van der Waals surface area contributed by atoms with E-state index in [0.717, 1.165) is 4.47 Å². The van der Waals surface area contributed by atoms with Gasteiger partial charge in [0.05, 0.1) is 0 Å². The fraction of sp³-hybridized carbons (Fsp3) is 0.294. The monoisotopic (exact) mass is 315 g/mol. The summed E-state index contributed by atoms with van der Waals surface area (Å²) in [6, 6.07) is 20.2.